The molecule has 2 rings (SSSR count). The lowest BCUT2D eigenvalue weighted by atomic mass is 9.93. The van der Waals surface area contributed by atoms with Gasteiger partial charge in [0.2, 0.25) is 0 Å². The SMILES string of the molecule is CCC(NC(=O)NC1(CC(=O)O)CCCC1)c1cccs1. The average Bonchev–Trinajstić information content (AvgIpc) is 3.07. The molecule has 1 aromatic rings. The highest BCUT2D eigenvalue weighted by atomic mass is 32.1. The largest absolute Gasteiger partial charge is 0.481 e. The molecule has 0 radical (unpaired) electrons. The number of hydrogen-bond donors (Lipinski definition) is 3. The third kappa shape index (κ3) is 4.20. The third-order valence-electron chi connectivity index (χ3n) is 4.03. The van der Waals surface area contributed by atoms with Crippen molar-refractivity contribution in [3.8, 4) is 0 Å². The molecule has 0 aliphatic heterocycles. The Kier molecular flexibility index (Phi) is 5.22. The van der Waals surface area contributed by atoms with E-state index in [1.807, 2.05) is 24.4 Å². The lowest BCUT2D eigenvalue weighted by Crippen LogP contribution is -2.52. The zero-order valence-electron chi connectivity index (χ0n) is 12.2. The maximum atomic E-state index is 12.2. The Bertz CT molecular complexity index is 481. The van der Waals surface area contributed by atoms with Crippen LogP contribution in [-0.4, -0.2) is 22.6 Å². The van der Waals surface area contributed by atoms with Crippen LogP contribution in [0.4, 0.5) is 4.79 Å². The van der Waals surface area contributed by atoms with E-state index in [4.69, 9.17) is 5.11 Å². The van der Waals surface area contributed by atoms with Crippen LogP contribution in [0.1, 0.15) is 56.4 Å². The molecular formula is C15H22N2O3S. The lowest BCUT2D eigenvalue weighted by Gasteiger charge is -2.29. The Morgan fingerprint density at radius 1 is 1.43 bits per heavy atom. The number of carbonyl (C=O) groups is 2. The van der Waals surface area contributed by atoms with Crippen molar-refractivity contribution >= 4 is 23.3 Å². The number of hydrogen-bond acceptors (Lipinski definition) is 3. The van der Waals surface area contributed by atoms with Crippen LogP contribution in [0.25, 0.3) is 0 Å². The molecule has 116 valence electrons. The molecule has 1 aliphatic rings. The van der Waals surface area contributed by atoms with Crippen molar-refractivity contribution in [2.24, 2.45) is 0 Å². The number of carboxylic acid groups (broad SMARTS) is 1. The summed E-state index contributed by atoms with van der Waals surface area (Å²) in [5.41, 5.74) is -0.580. The van der Waals surface area contributed by atoms with Crippen molar-refractivity contribution in [1.29, 1.82) is 0 Å². The van der Waals surface area contributed by atoms with Crippen LogP contribution >= 0.6 is 11.3 Å². The quantitative estimate of drug-likeness (QED) is 0.754. The monoisotopic (exact) mass is 310 g/mol. The molecule has 0 bridgehead atoms. The molecule has 0 spiro atoms. The van der Waals surface area contributed by atoms with Gasteiger partial charge in [-0.15, -0.1) is 11.3 Å². The molecule has 0 aromatic carbocycles. The summed E-state index contributed by atoms with van der Waals surface area (Å²) in [5.74, 6) is -0.859. The first-order valence-corrected chi connectivity index (χ1v) is 8.26. The topological polar surface area (TPSA) is 78.4 Å². The van der Waals surface area contributed by atoms with E-state index < -0.39 is 11.5 Å². The molecule has 1 aromatic heterocycles. The van der Waals surface area contributed by atoms with E-state index in [9.17, 15) is 9.59 Å². The Balaban J connectivity index is 1.97. The molecule has 2 amide bonds. The molecule has 5 nitrogen and oxygen atoms in total. The Labute approximate surface area is 128 Å². The van der Waals surface area contributed by atoms with Crippen LogP contribution in [0.5, 0.6) is 0 Å². The first-order valence-electron chi connectivity index (χ1n) is 7.38. The van der Waals surface area contributed by atoms with Gasteiger partial charge in [0, 0.05) is 4.88 Å². The number of aliphatic carboxylic acids is 1. The zero-order valence-corrected chi connectivity index (χ0v) is 13.0. The first-order chi connectivity index (χ1) is 10.0. The predicted octanol–water partition coefficient (Wildman–Crippen LogP) is 3.29. The van der Waals surface area contributed by atoms with E-state index in [-0.39, 0.29) is 18.5 Å². The Hall–Kier alpha value is -1.56. The van der Waals surface area contributed by atoms with Gasteiger partial charge in [0.15, 0.2) is 0 Å². The van der Waals surface area contributed by atoms with Crippen molar-refractivity contribution in [2.45, 2.75) is 57.0 Å². The van der Waals surface area contributed by atoms with Gasteiger partial charge in [-0.05, 0) is 30.7 Å². The van der Waals surface area contributed by atoms with E-state index in [1.165, 1.54) is 0 Å². The minimum atomic E-state index is -0.859. The molecule has 1 atom stereocenters. The molecule has 3 N–H and O–H groups in total. The summed E-state index contributed by atoms with van der Waals surface area (Å²) in [6.45, 7) is 2.02. The van der Waals surface area contributed by atoms with Gasteiger partial charge in [0.1, 0.15) is 0 Å². The number of amides is 2. The van der Waals surface area contributed by atoms with Gasteiger partial charge >= 0.3 is 12.0 Å². The number of rotatable bonds is 6. The van der Waals surface area contributed by atoms with Gasteiger partial charge in [-0.25, -0.2) is 4.79 Å². The fourth-order valence-corrected chi connectivity index (χ4v) is 3.85. The summed E-state index contributed by atoms with van der Waals surface area (Å²) in [5, 5.41) is 16.9. The normalized spacial score (nSPS) is 18.1. The van der Waals surface area contributed by atoms with Gasteiger partial charge in [-0.1, -0.05) is 25.8 Å². The fourth-order valence-electron chi connectivity index (χ4n) is 2.99. The van der Waals surface area contributed by atoms with Gasteiger partial charge < -0.3 is 15.7 Å². The fraction of sp³-hybridized carbons (Fsp3) is 0.600. The third-order valence-corrected chi connectivity index (χ3v) is 5.02. The molecule has 1 aliphatic carbocycles. The van der Waals surface area contributed by atoms with Crippen LogP contribution < -0.4 is 10.6 Å². The highest BCUT2D eigenvalue weighted by molar-refractivity contribution is 7.10. The van der Waals surface area contributed by atoms with E-state index in [0.29, 0.717) is 0 Å². The highest BCUT2D eigenvalue weighted by Crippen LogP contribution is 2.32. The van der Waals surface area contributed by atoms with Crippen LogP contribution in [-0.2, 0) is 4.79 Å². The van der Waals surface area contributed by atoms with Gasteiger partial charge in [-0.2, -0.15) is 0 Å². The summed E-state index contributed by atoms with van der Waals surface area (Å²) >= 11 is 1.61. The number of thiophene rings is 1. The number of carbonyl (C=O) groups excluding carboxylic acids is 1. The van der Waals surface area contributed by atoms with Crippen LogP contribution in [0.15, 0.2) is 17.5 Å². The minimum absolute atomic E-state index is 0.00376. The summed E-state index contributed by atoms with van der Waals surface area (Å²) < 4.78 is 0. The zero-order chi connectivity index (χ0) is 15.3. The van der Waals surface area contributed by atoms with Gasteiger partial charge in [-0.3, -0.25) is 4.79 Å². The summed E-state index contributed by atoms with van der Waals surface area (Å²) in [6.07, 6.45) is 4.21. The molecule has 1 unspecified atom stereocenters. The summed E-state index contributed by atoms with van der Waals surface area (Å²) in [4.78, 5) is 24.4. The maximum absolute atomic E-state index is 12.2. The summed E-state index contributed by atoms with van der Waals surface area (Å²) in [6, 6.07) is 3.68. The standard InChI is InChI=1S/C15H22N2O3S/c1-2-11(12-6-5-9-21-12)16-14(20)17-15(10-13(18)19)7-3-4-8-15/h5-6,9,11H,2-4,7-8,10H2,1H3,(H,18,19)(H2,16,17,20). The first kappa shape index (κ1) is 15.8. The van der Waals surface area contributed by atoms with E-state index in [0.717, 1.165) is 37.0 Å². The molecule has 21 heavy (non-hydrogen) atoms. The van der Waals surface area contributed by atoms with E-state index in [2.05, 4.69) is 10.6 Å². The highest BCUT2D eigenvalue weighted by Gasteiger charge is 2.37. The number of urea groups is 1. The molecule has 0 saturated heterocycles. The van der Waals surface area contributed by atoms with Crippen molar-refractivity contribution < 1.29 is 14.7 Å². The van der Waals surface area contributed by atoms with Crippen molar-refractivity contribution in [3.05, 3.63) is 22.4 Å². The van der Waals surface area contributed by atoms with Crippen LogP contribution in [0, 0.1) is 0 Å². The second-order valence-corrected chi connectivity index (χ2v) is 6.61. The van der Waals surface area contributed by atoms with Gasteiger partial charge in [0.25, 0.3) is 0 Å². The molecule has 1 heterocycles. The molecule has 6 heteroatoms. The van der Waals surface area contributed by atoms with Crippen molar-refractivity contribution in [1.82, 2.24) is 10.6 Å². The second kappa shape index (κ2) is 6.93. The Morgan fingerprint density at radius 3 is 2.67 bits per heavy atom. The minimum Gasteiger partial charge on any atom is -0.481 e. The van der Waals surface area contributed by atoms with Crippen molar-refractivity contribution in [2.75, 3.05) is 0 Å². The number of carboxylic acids is 1. The molecular weight excluding hydrogens is 288 g/mol. The lowest BCUT2D eigenvalue weighted by molar-refractivity contribution is -0.138. The summed E-state index contributed by atoms with van der Waals surface area (Å²) in [7, 11) is 0. The van der Waals surface area contributed by atoms with Crippen molar-refractivity contribution in [3.63, 3.8) is 0 Å². The predicted molar refractivity (Wildman–Crippen MR) is 82.5 cm³/mol. The second-order valence-electron chi connectivity index (χ2n) is 5.63. The molecule has 1 saturated carbocycles. The van der Waals surface area contributed by atoms with Crippen LogP contribution in [0.2, 0.25) is 0 Å². The van der Waals surface area contributed by atoms with E-state index >= 15 is 0 Å². The van der Waals surface area contributed by atoms with Crippen LogP contribution in [0.3, 0.4) is 0 Å². The molecule has 1 fully saturated rings. The number of nitrogens with one attached hydrogen (secondary N) is 2. The average molecular weight is 310 g/mol. The Morgan fingerprint density at radius 2 is 2.14 bits per heavy atom. The maximum Gasteiger partial charge on any atom is 0.315 e. The van der Waals surface area contributed by atoms with E-state index in [1.54, 1.807) is 11.3 Å². The smallest absolute Gasteiger partial charge is 0.315 e. The van der Waals surface area contributed by atoms with Gasteiger partial charge in [0.05, 0.1) is 18.0 Å².